The van der Waals surface area contributed by atoms with Gasteiger partial charge >= 0.3 is 0 Å². The maximum atomic E-state index is 12.0. The van der Waals surface area contributed by atoms with E-state index < -0.39 is 0 Å². The predicted molar refractivity (Wildman–Crippen MR) is 70.0 cm³/mol. The molecule has 2 aromatic rings. The van der Waals surface area contributed by atoms with E-state index >= 15 is 0 Å². The number of phenols is 1. The summed E-state index contributed by atoms with van der Waals surface area (Å²) in [6.07, 6.45) is 1.58. The molecule has 0 saturated carbocycles. The molecule has 18 heavy (non-hydrogen) atoms. The number of carbonyl (C=O) groups excluding carboxylic acids is 1. The third-order valence-electron chi connectivity index (χ3n) is 2.48. The number of anilines is 1. The van der Waals surface area contributed by atoms with Crippen LogP contribution in [0.2, 0.25) is 5.15 Å². The van der Waals surface area contributed by atoms with Crippen LogP contribution in [0.15, 0.2) is 36.5 Å². The number of aromatic hydroxyl groups is 1. The van der Waals surface area contributed by atoms with Gasteiger partial charge in [-0.15, -0.1) is 0 Å². The first-order valence-electron chi connectivity index (χ1n) is 5.29. The maximum absolute atomic E-state index is 12.0. The lowest BCUT2D eigenvalue weighted by Crippen LogP contribution is -2.13. The molecule has 1 aromatic carbocycles. The molecule has 0 aliphatic heterocycles. The molecule has 0 saturated heterocycles. The van der Waals surface area contributed by atoms with Crippen LogP contribution in [0.25, 0.3) is 0 Å². The van der Waals surface area contributed by atoms with Gasteiger partial charge < -0.3 is 10.4 Å². The van der Waals surface area contributed by atoms with Crippen molar-refractivity contribution < 1.29 is 9.90 Å². The summed E-state index contributed by atoms with van der Waals surface area (Å²) >= 11 is 5.92. The highest BCUT2D eigenvalue weighted by Crippen LogP contribution is 2.23. The molecule has 1 amide bonds. The first-order chi connectivity index (χ1) is 8.58. The van der Waals surface area contributed by atoms with E-state index in [-0.39, 0.29) is 16.8 Å². The Bertz CT molecular complexity index is 562. The predicted octanol–water partition coefficient (Wildman–Crippen LogP) is 3.00. The van der Waals surface area contributed by atoms with Gasteiger partial charge in [0.05, 0.1) is 5.69 Å². The molecule has 92 valence electrons. The van der Waals surface area contributed by atoms with E-state index in [9.17, 15) is 4.79 Å². The number of aryl methyl sites for hydroxylation is 1. The van der Waals surface area contributed by atoms with Crippen LogP contribution in [0.1, 0.15) is 15.9 Å². The third kappa shape index (κ3) is 2.60. The van der Waals surface area contributed by atoms with Crippen LogP contribution < -0.4 is 5.32 Å². The molecule has 1 heterocycles. The van der Waals surface area contributed by atoms with Gasteiger partial charge in [0.2, 0.25) is 0 Å². The number of pyridine rings is 1. The van der Waals surface area contributed by atoms with Gasteiger partial charge in [-0.25, -0.2) is 4.98 Å². The van der Waals surface area contributed by atoms with Crippen molar-refractivity contribution in [3.05, 3.63) is 52.8 Å². The number of carbonyl (C=O) groups is 1. The van der Waals surface area contributed by atoms with Crippen molar-refractivity contribution in [1.29, 1.82) is 0 Å². The largest absolute Gasteiger partial charge is 0.508 e. The van der Waals surface area contributed by atoms with Crippen LogP contribution in [0.3, 0.4) is 0 Å². The highest BCUT2D eigenvalue weighted by Gasteiger charge is 2.11. The van der Waals surface area contributed by atoms with Gasteiger partial charge in [-0.2, -0.15) is 0 Å². The summed E-state index contributed by atoms with van der Waals surface area (Å²) in [6, 6.07) is 7.73. The number of hydrogen-bond donors (Lipinski definition) is 2. The first-order valence-corrected chi connectivity index (χ1v) is 5.67. The van der Waals surface area contributed by atoms with E-state index in [2.05, 4.69) is 10.3 Å². The topological polar surface area (TPSA) is 62.2 Å². The van der Waals surface area contributed by atoms with E-state index in [4.69, 9.17) is 16.7 Å². The molecule has 5 heteroatoms. The summed E-state index contributed by atoms with van der Waals surface area (Å²) in [5, 5.41) is 12.1. The lowest BCUT2D eigenvalue weighted by molar-refractivity contribution is 0.102. The number of rotatable bonds is 2. The van der Waals surface area contributed by atoms with Gasteiger partial charge in [0.25, 0.3) is 5.91 Å². The van der Waals surface area contributed by atoms with Gasteiger partial charge in [0.1, 0.15) is 5.75 Å². The molecule has 1 aromatic heterocycles. The molecule has 4 nitrogen and oxygen atoms in total. The van der Waals surface area contributed by atoms with Gasteiger partial charge in [-0.3, -0.25) is 4.79 Å². The monoisotopic (exact) mass is 262 g/mol. The molecule has 0 spiro atoms. The lowest BCUT2D eigenvalue weighted by Gasteiger charge is -2.09. The molecule has 0 fully saturated rings. The minimum absolute atomic E-state index is 0.113. The number of benzene rings is 1. The Kier molecular flexibility index (Phi) is 3.48. The maximum Gasteiger partial charge on any atom is 0.255 e. The summed E-state index contributed by atoms with van der Waals surface area (Å²) in [5.74, 6) is -0.185. The zero-order valence-corrected chi connectivity index (χ0v) is 10.4. The standard InChI is InChI=1S/C13H11ClN2O2/c1-8-6-7-15-12(14)11(8)16-13(18)9-2-4-10(17)5-3-9/h2-7,17H,1H3,(H,16,18). The molecular weight excluding hydrogens is 252 g/mol. The fourth-order valence-corrected chi connectivity index (χ4v) is 1.73. The van der Waals surface area contributed by atoms with E-state index in [1.54, 1.807) is 12.3 Å². The Labute approximate surface area is 109 Å². The summed E-state index contributed by atoms with van der Waals surface area (Å²) in [5.41, 5.74) is 1.77. The van der Waals surface area contributed by atoms with Gasteiger partial charge in [-0.05, 0) is 42.8 Å². The van der Waals surface area contributed by atoms with E-state index in [1.165, 1.54) is 24.3 Å². The second-order valence-corrected chi connectivity index (χ2v) is 4.15. The van der Waals surface area contributed by atoms with Gasteiger partial charge in [-0.1, -0.05) is 11.6 Å². The van der Waals surface area contributed by atoms with Crippen LogP contribution >= 0.6 is 11.6 Å². The van der Waals surface area contributed by atoms with E-state index in [1.807, 2.05) is 6.92 Å². The molecule has 0 radical (unpaired) electrons. The van der Waals surface area contributed by atoms with E-state index in [0.29, 0.717) is 11.3 Å². The molecule has 0 unspecified atom stereocenters. The Morgan fingerprint density at radius 2 is 1.94 bits per heavy atom. The molecule has 0 bridgehead atoms. The fourth-order valence-electron chi connectivity index (χ4n) is 1.47. The van der Waals surface area contributed by atoms with Crippen molar-refractivity contribution in [3.63, 3.8) is 0 Å². The zero-order valence-electron chi connectivity index (χ0n) is 9.64. The number of amides is 1. The Morgan fingerprint density at radius 3 is 2.56 bits per heavy atom. The van der Waals surface area contributed by atoms with Crippen molar-refractivity contribution >= 4 is 23.2 Å². The SMILES string of the molecule is Cc1ccnc(Cl)c1NC(=O)c1ccc(O)cc1. The highest BCUT2D eigenvalue weighted by atomic mass is 35.5. The molecule has 0 aliphatic rings. The summed E-state index contributed by atoms with van der Waals surface area (Å²) in [7, 11) is 0. The average Bonchev–Trinajstić information content (AvgIpc) is 2.34. The van der Waals surface area contributed by atoms with Crippen molar-refractivity contribution in [2.45, 2.75) is 6.92 Å². The minimum atomic E-state index is -0.298. The molecule has 0 atom stereocenters. The summed E-state index contributed by atoms with van der Waals surface area (Å²) < 4.78 is 0. The summed E-state index contributed by atoms with van der Waals surface area (Å²) in [6.45, 7) is 1.83. The number of halogens is 1. The second kappa shape index (κ2) is 5.06. The number of aromatic nitrogens is 1. The third-order valence-corrected chi connectivity index (χ3v) is 2.77. The Morgan fingerprint density at radius 1 is 1.28 bits per heavy atom. The van der Waals surface area contributed by atoms with Crippen LogP contribution in [-0.2, 0) is 0 Å². The number of nitrogens with one attached hydrogen (secondary N) is 1. The fraction of sp³-hybridized carbons (Fsp3) is 0.0769. The van der Waals surface area contributed by atoms with Gasteiger partial charge in [0.15, 0.2) is 5.15 Å². The quantitative estimate of drug-likeness (QED) is 0.818. The number of phenolic OH excluding ortho intramolecular Hbond substituents is 1. The Balaban J connectivity index is 2.24. The Hall–Kier alpha value is -2.07. The first kappa shape index (κ1) is 12.4. The van der Waals surface area contributed by atoms with Crippen LogP contribution in [0.5, 0.6) is 5.75 Å². The van der Waals surface area contributed by atoms with Crippen molar-refractivity contribution in [3.8, 4) is 5.75 Å². The van der Waals surface area contributed by atoms with Gasteiger partial charge in [0, 0.05) is 11.8 Å². The smallest absolute Gasteiger partial charge is 0.255 e. The summed E-state index contributed by atoms with van der Waals surface area (Å²) in [4.78, 5) is 15.9. The second-order valence-electron chi connectivity index (χ2n) is 3.79. The van der Waals surface area contributed by atoms with Crippen LogP contribution in [0.4, 0.5) is 5.69 Å². The molecular formula is C13H11ClN2O2. The molecule has 0 aliphatic carbocycles. The van der Waals surface area contributed by atoms with Crippen molar-refractivity contribution in [2.75, 3.05) is 5.32 Å². The zero-order chi connectivity index (χ0) is 13.1. The van der Waals surface area contributed by atoms with Crippen LogP contribution in [-0.4, -0.2) is 16.0 Å². The minimum Gasteiger partial charge on any atom is -0.508 e. The van der Waals surface area contributed by atoms with Crippen molar-refractivity contribution in [2.24, 2.45) is 0 Å². The number of nitrogens with zero attached hydrogens (tertiary/aromatic N) is 1. The van der Waals surface area contributed by atoms with E-state index in [0.717, 1.165) is 5.56 Å². The van der Waals surface area contributed by atoms with Crippen molar-refractivity contribution in [1.82, 2.24) is 4.98 Å². The highest BCUT2D eigenvalue weighted by molar-refractivity contribution is 6.32. The normalized spacial score (nSPS) is 10.1. The number of hydrogen-bond acceptors (Lipinski definition) is 3. The average molecular weight is 263 g/mol. The van der Waals surface area contributed by atoms with Crippen LogP contribution in [0, 0.1) is 6.92 Å². The lowest BCUT2D eigenvalue weighted by atomic mass is 10.2. The molecule has 2 rings (SSSR count). The molecule has 2 N–H and O–H groups in total.